The van der Waals surface area contributed by atoms with Crippen LogP contribution in [0.5, 0.6) is 5.75 Å². The minimum Gasteiger partial charge on any atom is -0.496 e. The number of hydrogen-bond acceptors (Lipinski definition) is 4. The van der Waals surface area contributed by atoms with Gasteiger partial charge in [-0.1, -0.05) is 18.2 Å². The van der Waals surface area contributed by atoms with Gasteiger partial charge in [-0.25, -0.2) is 4.98 Å². The minimum absolute atomic E-state index is 0.295. The number of aromatic nitrogens is 2. The molecule has 0 spiro atoms. The number of imidazole rings is 1. The molecule has 112 valence electrons. The molecule has 0 aliphatic carbocycles. The van der Waals surface area contributed by atoms with Gasteiger partial charge in [-0.2, -0.15) is 0 Å². The molecule has 5 heteroatoms. The van der Waals surface area contributed by atoms with Gasteiger partial charge in [0.15, 0.2) is 0 Å². The van der Waals surface area contributed by atoms with Gasteiger partial charge >= 0.3 is 0 Å². The van der Waals surface area contributed by atoms with Crippen molar-refractivity contribution < 1.29 is 4.74 Å². The first-order chi connectivity index (χ1) is 10.3. The van der Waals surface area contributed by atoms with E-state index in [1.807, 2.05) is 24.5 Å². The Kier molecular flexibility index (Phi) is 4.22. The molecule has 1 aromatic carbocycles. The summed E-state index contributed by atoms with van der Waals surface area (Å²) in [5.74, 6) is 2.06. The maximum atomic E-state index is 5.47. The Morgan fingerprint density at radius 1 is 1.38 bits per heavy atom. The normalized spacial score (nSPS) is 19.6. The van der Waals surface area contributed by atoms with Crippen molar-refractivity contribution in [1.82, 2.24) is 19.8 Å². The van der Waals surface area contributed by atoms with Gasteiger partial charge in [-0.15, -0.1) is 0 Å². The van der Waals surface area contributed by atoms with Gasteiger partial charge in [-0.05, 0) is 6.07 Å². The second-order valence-electron chi connectivity index (χ2n) is 5.40. The Labute approximate surface area is 125 Å². The van der Waals surface area contributed by atoms with E-state index in [-0.39, 0.29) is 0 Å². The molecular formula is C16H22N4O. The van der Waals surface area contributed by atoms with Crippen LogP contribution in [-0.2, 0) is 13.6 Å². The highest BCUT2D eigenvalue weighted by Crippen LogP contribution is 2.26. The van der Waals surface area contributed by atoms with Crippen molar-refractivity contribution in [2.75, 3.05) is 26.7 Å². The highest BCUT2D eigenvalue weighted by Gasteiger charge is 2.27. The lowest BCUT2D eigenvalue weighted by Crippen LogP contribution is -2.46. The fourth-order valence-corrected chi connectivity index (χ4v) is 2.94. The van der Waals surface area contributed by atoms with Crippen LogP contribution >= 0.6 is 0 Å². The first kappa shape index (κ1) is 14.1. The number of methoxy groups -OCH3 is 1. The van der Waals surface area contributed by atoms with E-state index in [2.05, 4.69) is 38.9 Å². The van der Waals surface area contributed by atoms with Crippen molar-refractivity contribution in [2.24, 2.45) is 7.05 Å². The number of nitrogens with one attached hydrogen (secondary N) is 1. The van der Waals surface area contributed by atoms with E-state index in [0.717, 1.165) is 37.8 Å². The van der Waals surface area contributed by atoms with Crippen LogP contribution in [0, 0.1) is 0 Å². The van der Waals surface area contributed by atoms with Gasteiger partial charge in [0.05, 0.1) is 13.2 Å². The third-order valence-electron chi connectivity index (χ3n) is 4.08. The molecule has 0 amide bonds. The number of piperazine rings is 1. The van der Waals surface area contributed by atoms with Gasteiger partial charge in [0.25, 0.3) is 0 Å². The Hall–Kier alpha value is -1.85. The van der Waals surface area contributed by atoms with Crippen LogP contribution in [0.2, 0.25) is 0 Å². The Balaban J connectivity index is 1.83. The number of rotatable bonds is 4. The third-order valence-corrected chi connectivity index (χ3v) is 4.08. The molecule has 2 heterocycles. The van der Waals surface area contributed by atoms with Crippen molar-refractivity contribution in [3.8, 4) is 5.75 Å². The van der Waals surface area contributed by atoms with Crippen LogP contribution in [0.1, 0.15) is 17.4 Å². The average molecular weight is 286 g/mol. The molecule has 1 fully saturated rings. The van der Waals surface area contributed by atoms with Crippen LogP contribution in [-0.4, -0.2) is 41.2 Å². The maximum absolute atomic E-state index is 5.47. The Morgan fingerprint density at radius 2 is 2.24 bits per heavy atom. The van der Waals surface area contributed by atoms with Crippen LogP contribution in [0.15, 0.2) is 36.7 Å². The minimum atomic E-state index is 0.295. The second kappa shape index (κ2) is 6.28. The molecule has 1 aromatic heterocycles. The molecule has 0 radical (unpaired) electrons. The molecule has 3 rings (SSSR count). The number of benzene rings is 1. The molecule has 1 aliphatic rings. The summed E-state index contributed by atoms with van der Waals surface area (Å²) in [6.07, 6.45) is 3.87. The van der Waals surface area contributed by atoms with Gasteiger partial charge < -0.3 is 14.6 Å². The van der Waals surface area contributed by atoms with Crippen LogP contribution in [0.4, 0.5) is 0 Å². The summed E-state index contributed by atoms with van der Waals surface area (Å²) in [6.45, 7) is 3.83. The fraction of sp³-hybridized carbons (Fsp3) is 0.438. The van der Waals surface area contributed by atoms with Crippen molar-refractivity contribution >= 4 is 0 Å². The highest BCUT2D eigenvalue weighted by atomic mass is 16.5. The van der Waals surface area contributed by atoms with Crippen LogP contribution in [0.25, 0.3) is 0 Å². The molecule has 1 atom stereocenters. The predicted octanol–water partition coefficient (Wildman–Crippen LogP) is 1.58. The number of ether oxygens (including phenoxy) is 1. The van der Waals surface area contributed by atoms with Crippen LogP contribution < -0.4 is 10.1 Å². The molecule has 1 N–H and O–H groups in total. The van der Waals surface area contributed by atoms with Crippen molar-refractivity contribution in [2.45, 2.75) is 12.6 Å². The average Bonchev–Trinajstić information content (AvgIpc) is 2.94. The Morgan fingerprint density at radius 3 is 3.00 bits per heavy atom. The van der Waals surface area contributed by atoms with Crippen LogP contribution in [0.3, 0.4) is 0 Å². The Bertz CT molecular complexity index is 595. The molecule has 21 heavy (non-hydrogen) atoms. The molecule has 1 aliphatic heterocycles. The van der Waals surface area contributed by atoms with Gasteiger partial charge in [-0.3, -0.25) is 4.90 Å². The summed E-state index contributed by atoms with van der Waals surface area (Å²) in [6, 6.07) is 8.53. The van der Waals surface area contributed by atoms with E-state index < -0.39 is 0 Å². The molecule has 2 aromatic rings. The van der Waals surface area contributed by atoms with E-state index in [9.17, 15) is 0 Å². The van der Waals surface area contributed by atoms with Gasteiger partial charge in [0, 0.05) is 51.2 Å². The number of nitrogens with zero attached hydrogens (tertiary/aromatic N) is 3. The molecule has 1 saturated heterocycles. The van der Waals surface area contributed by atoms with E-state index in [0.29, 0.717) is 6.04 Å². The summed E-state index contributed by atoms with van der Waals surface area (Å²) in [5, 5.41) is 3.47. The summed E-state index contributed by atoms with van der Waals surface area (Å²) in [7, 11) is 3.78. The number of aryl methyl sites for hydroxylation is 1. The van der Waals surface area contributed by atoms with Crippen molar-refractivity contribution in [1.29, 1.82) is 0 Å². The third kappa shape index (κ3) is 2.94. The zero-order chi connectivity index (χ0) is 14.7. The zero-order valence-electron chi connectivity index (χ0n) is 12.6. The van der Waals surface area contributed by atoms with Crippen molar-refractivity contribution in [3.05, 3.63) is 48.0 Å². The summed E-state index contributed by atoms with van der Waals surface area (Å²) >= 11 is 0. The van der Waals surface area contributed by atoms with E-state index in [1.54, 1.807) is 7.11 Å². The number of para-hydroxylation sites is 1. The zero-order valence-corrected chi connectivity index (χ0v) is 12.6. The molecule has 1 unspecified atom stereocenters. The van der Waals surface area contributed by atoms with E-state index >= 15 is 0 Å². The smallest absolute Gasteiger partial charge is 0.127 e. The van der Waals surface area contributed by atoms with Gasteiger partial charge in [0.2, 0.25) is 0 Å². The summed E-state index contributed by atoms with van der Waals surface area (Å²) in [4.78, 5) is 6.99. The van der Waals surface area contributed by atoms with Crippen molar-refractivity contribution in [3.63, 3.8) is 0 Å². The highest BCUT2D eigenvalue weighted by molar-refractivity contribution is 5.33. The monoisotopic (exact) mass is 286 g/mol. The molecule has 5 nitrogen and oxygen atoms in total. The first-order valence-electron chi connectivity index (χ1n) is 7.33. The van der Waals surface area contributed by atoms with E-state index in [1.165, 1.54) is 5.56 Å². The summed E-state index contributed by atoms with van der Waals surface area (Å²) < 4.78 is 7.58. The standard InChI is InChI=1S/C16H22N4O/c1-19-9-8-18-16(19)14-11-17-7-10-20(14)12-13-5-3-4-6-15(13)21-2/h3-6,8-9,14,17H,7,10-12H2,1-2H3. The SMILES string of the molecule is COc1ccccc1CN1CCNCC1c1nccn1C. The van der Waals surface area contributed by atoms with Gasteiger partial charge in [0.1, 0.15) is 11.6 Å². The quantitative estimate of drug-likeness (QED) is 0.926. The molecule has 0 bridgehead atoms. The predicted molar refractivity (Wildman–Crippen MR) is 82.2 cm³/mol. The lowest BCUT2D eigenvalue weighted by atomic mass is 10.1. The first-order valence-corrected chi connectivity index (χ1v) is 7.33. The maximum Gasteiger partial charge on any atom is 0.127 e. The number of hydrogen-bond donors (Lipinski definition) is 1. The largest absolute Gasteiger partial charge is 0.496 e. The second-order valence-corrected chi connectivity index (χ2v) is 5.40. The molecule has 0 saturated carbocycles. The fourth-order valence-electron chi connectivity index (χ4n) is 2.94. The lowest BCUT2D eigenvalue weighted by molar-refractivity contribution is 0.143. The summed E-state index contributed by atoms with van der Waals surface area (Å²) in [5.41, 5.74) is 1.22. The topological polar surface area (TPSA) is 42.3 Å². The lowest BCUT2D eigenvalue weighted by Gasteiger charge is -2.36. The molecular weight excluding hydrogens is 264 g/mol. The van der Waals surface area contributed by atoms with E-state index in [4.69, 9.17) is 4.74 Å².